The Balaban J connectivity index is 2.02. The van der Waals surface area contributed by atoms with Gasteiger partial charge in [-0.15, -0.1) is 0 Å². The second-order valence-electron chi connectivity index (χ2n) is 5.80. The number of unbranched alkanes of at least 4 members (excludes halogenated alkanes) is 2. The lowest BCUT2D eigenvalue weighted by atomic mass is 10.1. The smallest absolute Gasteiger partial charge is 0.277 e. The SMILES string of the molecule is CCCCCn1nc(C(=O)Nc2ccccn2)c2ccccc2c1=O. The van der Waals surface area contributed by atoms with Crippen LogP contribution in [0.4, 0.5) is 5.82 Å². The van der Waals surface area contributed by atoms with Crippen LogP contribution in [-0.2, 0) is 6.54 Å². The van der Waals surface area contributed by atoms with Crippen molar-refractivity contribution in [3.05, 3.63) is 64.7 Å². The maximum Gasteiger partial charge on any atom is 0.277 e. The zero-order valence-electron chi connectivity index (χ0n) is 14.1. The summed E-state index contributed by atoms with van der Waals surface area (Å²) < 4.78 is 1.39. The van der Waals surface area contributed by atoms with Gasteiger partial charge in [-0.3, -0.25) is 9.59 Å². The first-order valence-electron chi connectivity index (χ1n) is 8.43. The molecule has 0 aliphatic heterocycles. The molecule has 2 heterocycles. The van der Waals surface area contributed by atoms with E-state index in [2.05, 4.69) is 22.3 Å². The minimum Gasteiger partial charge on any atom is -0.305 e. The fourth-order valence-electron chi connectivity index (χ4n) is 2.68. The molecule has 128 valence electrons. The Morgan fingerprint density at radius 2 is 1.84 bits per heavy atom. The van der Waals surface area contributed by atoms with Crippen molar-refractivity contribution in [1.82, 2.24) is 14.8 Å². The van der Waals surface area contributed by atoms with E-state index in [9.17, 15) is 9.59 Å². The normalized spacial score (nSPS) is 10.8. The van der Waals surface area contributed by atoms with Gasteiger partial charge in [0.1, 0.15) is 5.82 Å². The van der Waals surface area contributed by atoms with Crippen LogP contribution in [0.5, 0.6) is 0 Å². The molecule has 6 heteroatoms. The van der Waals surface area contributed by atoms with Crippen molar-refractivity contribution in [2.75, 3.05) is 5.32 Å². The number of carbonyl (C=O) groups excluding carboxylic acids is 1. The number of nitrogens with zero attached hydrogens (tertiary/aromatic N) is 3. The summed E-state index contributed by atoms with van der Waals surface area (Å²) in [5.41, 5.74) is 0.0680. The maximum atomic E-state index is 12.7. The molecule has 0 saturated carbocycles. The van der Waals surface area contributed by atoms with E-state index in [0.29, 0.717) is 23.1 Å². The Kier molecular flexibility index (Phi) is 5.18. The Bertz CT molecular complexity index is 935. The molecule has 1 N–H and O–H groups in total. The minimum absolute atomic E-state index is 0.166. The van der Waals surface area contributed by atoms with E-state index in [1.807, 2.05) is 0 Å². The number of hydrogen-bond acceptors (Lipinski definition) is 4. The molecule has 1 amide bonds. The third kappa shape index (κ3) is 3.74. The monoisotopic (exact) mass is 336 g/mol. The lowest BCUT2D eigenvalue weighted by molar-refractivity contribution is 0.102. The molecule has 0 unspecified atom stereocenters. The number of carbonyl (C=O) groups is 1. The molecular formula is C19H20N4O2. The standard InChI is InChI=1S/C19H20N4O2/c1-2-3-8-13-23-19(25)15-10-5-4-9-14(15)17(22-23)18(24)21-16-11-6-7-12-20-16/h4-7,9-12H,2-3,8,13H2,1H3,(H,20,21,24). The molecule has 25 heavy (non-hydrogen) atoms. The van der Waals surface area contributed by atoms with Crippen LogP contribution in [0.15, 0.2) is 53.5 Å². The number of hydrogen-bond donors (Lipinski definition) is 1. The lowest BCUT2D eigenvalue weighted by Gasteiger charge is -2.11. The number of rotatable bonds is 6. The number of benzene rings is 1. The Labute approximate surface area is 145 Å². The van der Waals surface area contributed by atoms with E-state index >= 15 is 0 Å². The van der Waals surface area contributed by atoms with Crippen LogP contribution in [-0.4, -0.2) is 20.7 Å². The van der Waals surface area contributed by atoms with E-state index in [1.54, 1.807) is 48.7 Å². The number of anilines is 1. The van der Waals surface area contributed by atoms with Gasteiger partial charge < -0.3 is 5.32 Å². The predicted molar refractivity (Wildman–Crippen MR) is 97.7 cm³/mol. The Morgan fingerprint density at radius 3 is 2.56 bits per heavy atom. The topological polar surface area (TPSA) is 76.9 Å². The van der Waals surface area contributed by atoms with Crippen molar-refractivity contribution < 1.29 is 4.79 Å². The van der Waals surface area contributed by atoms with Gasteiger partial charge in [-0.25, -0.2) is 9.67 Å². The van der Waals surface area contributed by atoms with Crippen LogP contribution in [0, 0.1) is 0 Å². The summed E-state index contributed by atoms with van der Waals surface area (Å²) in [6, 6.07) is 12.3. The molecule has 1 aromatic carbocycles. The zero-order valence-corrected chi connectivity index (χ0v) is 14.1. The number of pyridine rings is 1. The molecule has 0 aliphatic carbocycles. The van der Waals surface area contributed by atoms with E-state index in [4.69, 9.17) is 0 Å². The van der Waals surface area contributed by atoms with Crippen molar-refractivity contribution in [2.45, 2.75) is 32.7 Å². The Hall–Kier alpha value is -3.02. The van der Waals surface area contributed by atoms with Crippen LogP contribution in [0.2, 0.25) is 0 Å². The first-order chi connectivity index (χ1) is 12.2. The van der Waals surface area contributed by atoms with Crippen LogP contribution < -0.4 is 10.9 Å². The van der Waals surface area contributed by atoms with Crippen molar-refractivity contribution in [1.29, 1.82) is 0 Å². The van der Waals surface area contributed by atoms with Crippen LogP contribution >= 0.6 is 0 Å². The van der Waals surface area contributed by atoms with Crippen molar-refractivity contribution in [2.24, 2.45) is 0 Å². The molecule has 0 spiro atoms. The van der Waals surface area contributed by atoms with Gasteiger partial charge in [-0.2, -0.15) is 5.10 Å². The molecule has 2 aromatic heterocycles. The molecule has 0 saturated heterocycles. The van der Waals surface area contributed by atoms with Gasteiger partial charge in [0.25, 0.3) is 11.5 Å². The van der Waals surface area contributed by atoms with Crippen LogP contribution in [0.1, 0.15) is 36.7 Å². The summed E-state index contributed by atoms with van der Waals surface area (Å²) in [5.74, 6) is 0.0706. The highest BCUT2D eigenvalue weighted by Gasteiger charge is 2.17. The summed E-state index contributed by atoms with van der Waals surface area (Å²) >= 11 is 0. The van der Waals surface area contributed by atoms with Crippen LogP contribution in [0.25, 0.3) is 10.8 Å². The second-order valence-corrected chi connectivity index (χ2v) is 5.80. The molecule has 0 aliphatic rings. The quantitative estimate of drug-likeness (QED) is 0.701. The van der Waals surface area contributed by atoms with Gasteiger partial charge in [0, 0.05) is 18.1 Å². The number of aryl methyl sites for hydroxylation is 1. The predicted octanol–water partition coefficient (Wildman–Crippen LogP) is 3.23. The van der Waals surface area contributed by atoms with E-state index in [1.165, 1.54) is 4.68 Å². The molecule has 0 fully saturated rings. The van der Waals surface area contributed by atoms with E-state index in [0.717, 1.165) is 19.3 Å². The highest BCUT2D eigenvalue weighted by molar-refractivity contribution is 6.10. The average molecular weight is 336 g/mol. The van der Waals surface area contributed by atoms with Gasteiger partial charge >= 0.3 is 0 Å². The minimum atomic E-state index is -0.376. The molecule has 0 radical (unpaired) electrons. The number of fused-ring (bicyclic) bond motifs is 1. The molecule has 0 atom stereocenters. The van der Waals surface area contributed by atoms with Gasteiger partial charge in [0.2, 0.25) is 0 Å². The number of aromatic nitrogens is 3. The summed E-state index contributed by atoms with van der Waals surface area (Å²) in [4.78, 5) is 29.4. The fraction of sp³-hybridized carbons (Fsp3) is 0.263. The first kappa shape index (κ1) is 16.8. The third-order valence-electron chi connectivity index (χ3n) is 3.96. The van der Waals surface area contributed by atoms with Crippen molar-refractivity contribution >= 4 is 22.5 Å². The van der Waals surface area contributed by atoms with Gasteiger partial charge in [0.05, 0.1) is 5.39 Å². The summed E-state index contributed by atoms with van der Waals surface area (Å²) in [5, 5.41) is 8.12. The summed E-state index contributed by atoms with van der Waals surface area (Å²) in [6.45, 7) is 2.60. The second kappa shape index (κ2) is 7.70. The molecule has 6 nitrogen and oxygen atoms in total. The first-order valence-corrected chi connectivity index (χ1v) is 8.43. The van der Waals surface area contributed by atoms with E-state index < -0.39 is 0 Å². The largest absolute Gasteiger partial charge is 0.305 e. The lowest BCUT2D eigenvalue weighted by Crippen LogP contribution is -2.28. The molecule has 3 rings (SSSR count). The summed E-state index contributed by atoms with van der Waals surface area (Å²) in [6.07, 6.45) is 4.52. The van der Waals surface area contributed by atoms with Crippen molar-refractivity contribution in [3.8, 4) is 0 Å². The molecule has 3 aromatic rings. The summed E-state index contributed by atoms with van der Waals surface area (Å²) in [7, 11) is 0. The number of nitrogens with one attached hydrogen (secondary N) is 1. The third-order valence-corrected chi connectivity index (χ3v) is 3.96. The highest BCUT2D eigenvalue weighted by atomic mass is 16.2. The van der Waals surface area contributed by atoms with Gasteiger partial charge in [0.15, 0.2) is 5.69 Å². The highest BCUT2D eigenvalue weighted by Crippen LogP contribution is 2.15. The van der Waals surface area contributed by atoms with Gasteiger partial charge in [-0.05, 0) is 24.6 Å². The molecular weight excluding hydrogens is 316 g/mol. The van der Waals surface area contributed by atoms with Crippen molar-refractivity contribution in [3.63, 3.8) is 0 Å². The van der Waals surface area contributed by atoms with E-state index in [-0.39, 0.29) is 17.2 Å². The maximum absolute atomic E-state index is 12.7. The Morgan fingerprint density at radius 1 is 1.08 bits per heavy atom. The molecule has 0 bridgehead atoms. The number of amides is 1. The average Bonchev–Trinajstić information content (AvgIpc) is 2.64. The zero-order chi connectivity index (χ0) is 17.6. The van der Waals surface area contributed by atoms with Gasteiger partial charge in [-0.1, -0.05) is 44.0 Å². The fourth-order valence-corrected chi connectivity index (χ4v) is 2.68. The van der Waals surface area contributed by atoms with Crippen LogP contribution in [0.3, 0.4) is 0 Å².